The van der Waals surface area contributed by atoms with Gasteiger partial charge in [0.05, 0.1) is 24.3 Å². The van der Waals surface area contributed by atoms with Gasteiger partial charge in [-0.3, -0.25) is 10.1 Å². The van der Waals surface area contributed by atoms with Gasteiger partial charge in [0.25, 0.3) is 0 Å². The largest absolute Gasteiger partial charge is 0.383 e. The molecule has 7 nitrogen and oxygen atoms in total. The van der Waals surface area contributed by atoms with E-state index >= 15 is 0 Å². The number of amides is 1. The molecule has 0 aromatic heterocycles. The first kappa shape index (κ1) is 22.4. The molecule has 0 aliphatic carbocycles. The van der Waals surface area contributed by atoms with Gasteiger partial charge in [-0.1, -0.05) is 11.6 Å². The SMILES string of the molecule is COC[C@H](NC(O)CC1=C(C)C2C(C)NCCC2NC1=O)c1ccc(C#N)cc1F. The maximum absolute atomic E-state index is 14.5. The van der Waals surface area contributed by atoms with Gasteiger partial charge >= 0.3 is 0 Å². The fourth-order valence-electron chi connectivity index (χ4n) is 4.61. The van der Waals surface area contributed by atoms with Crippen LogP contribution in [0.15, 0.2) is 29.3 Å². The Morgan fingerprint density at radius 2 is 2.23 bits per heavy atom. The fourth-order valence-corrected chi connectivity index (χ4v) is 4.61. The average Bonchev–Trinajstić information content (AvgIpc) is 2.70. The van der Waals surface area contributed by atoms with E-state index in [1.807, 2.05) is 13.0 Å². The number of benzene rings is 1. The highest BCUT2D eigenvalue weighted by Crippen LogP contribution is 2.32. The molecule has 2 heterocycles. The molecular weight excluding hydrogens is 387 g/mol. The number of fused-ring (bicyclic) bond motifs is 1. The third kappa shape index (κ3) is 4.71. The van der Waals surface area contributed by atoms with Crippen LogP contribution >= 0.6 is 0 Å². The molecule has 5 atom stereocenters. The molecule has 3 rings (SSSR count). The zero-order valence-corrected chi connectivity index (χ0v) is 17.5. The predicted molar refractivity (Wildman–Crippen MR) is 110 cm³/mol. The second kappa shape index (κ2) is 9.67. The summed E-state index contributed by atoms with van der Waals surface area (Å²) in [4.78, 5) is 12.7. The standard InChI is InChI=1S/C22H29FN4O3/c1-12-16(22(29)27-18-6-7-25-13(2)21(12)18)9-20(28)26-19(11-30-3)15-5-4-14(10-24)8-17(15)23/h4-5,8,13,18-21,25-26,28H,6-7,9,11H2,1-3H3,(H,27,29)/t13?,18?,19-,20?,21?/m0/s1. The van der Waals surface area contributed by atoms with Crippen molar-refractivity contribution in [2.45, 2.75) is 51.0 Å². The van der Waals surface area contributed by atoms with Gasteiger partial charge in [-0.15, -0.1) is 0 Å². The van der Waals surface area contributed by atoms with Gasteiger partial charge < -0.3 is 20.5 Å². The smallest absolute Gasteiger partial charge is 0.247 e. The molecule has 2 aliphatic rings. The van der Waals surface area contributed by atoms with Crippen LogP contribution in [0, 0.1) is 23.1 Å². The Morgan fingerprint density at radius 1 is 1.47 bits per heavy atom. The van der Waals surface area contributed by atoms with Crippen LogP contribution in [-0.4, -0.2) is 49.6 Å². The van der Waals surface area contributed by atoms with E-state index < -0.39 is 18.1 Å². The number of rotatable bonds is 7. The Hall–Kier alpha value is -2.31. The van der Waals surface area contributed by atoms with Crippen LogP contribution < -0.4 is 16.0 Å². The van der Waals surface area contributed by atoms with Crippen molar-refractivity contribution in [3.8, 4) is 6.07 Å². The summed E-state index contributed by atoms with van der Waals surface area (Å²) in [6.07, 6.45) is -0.0921. The highest BCUT2D eigenvalue weighted by molar-refractivity contribution is 5.95. The van der Waals surface area contributed by atoms with Crippen molar-refractivity contribution in [2.75, 3.05) is 20.3 Å². The summed E-state index contributed by atoms with van der Waals surface area (Å²) in [6.45, 7) is 5.04. The van der Waals surface area contributed by atoms with Crippen LogP contribution in [0.1, 0.15) is 43.9 Å². The van der Waals surface area contributed by atoms with E-state index in [1.165, 1.54) is 19.2 Å². The minimum Gasteiger partial charge on any atom is -0.383 e. The molecule has 4 N–H and O–H groups in total. The zero-order chi connectivity index (χ0) is 21.8. The van der Waals surface area contributed by atoms with Gasteiger partial charge in [-0.05, 0) is 38.9 Å². The second-order valence-electron chi connectivity index (χ2n) is 8.04. The molecule has 0 saturated carbocycles. The lowest BCUT2D eigenvalue weighted by Crippen LogP contribution is -2.57. The molecule has 0 spiro atoms. The molecule has 30 heavy (non-hydrogen) atoms. The molecule has 0 bridgehead atoms. The van der Waals surface area contributed by atoms with Gasteiger partial charge in [0.1, 0.15) is 12.0 Å². The fraction of sp³-hybridized carbons (Fsp3) is 0.545. The first-order valence-electron chi connectivity index (χ1n) is 10.2. The number of piperidine rings is 1. The van der Waals surface area contributed by atoms with Crippen molar-refractivity contribution in [1.82, 2.24) is 16.0 Å². The van der Waals surface area contributed by atoms with E-state index in [9.17, 15) is 14.3 Å². The molecule has 4 unspecified atom stereocenters. The van der Waals surface area contributed by atoms with Crippen molar-refractivity contribution in [2.24, 2.45) is 5.92 Å². The van der Waals surface area contributed by atoms with Crippen LogP contribution in [0.3, 0.4) is 0 Å². The number of nitrogens with one attached hydrogen (secondary N) is 3. The molecule has 0 radical (unpaired) electrons. The van der Waals surface area contributed by atoms with Gasteiger partial charge in [0.2, 0.25) is 5.91 Å². The second-order valence-corrected chi connectivity index (χ2v) is 8.04. The number of aliphatic hydroxyl groups is 1. The Balaban J connectivity index is 1.77. The number of ether oxygens (including phenoxy) is 1. The number of nitrogens with zero attached hydrogens (tertiary/aromatic N) is 1. The van der Waals surface area contributed by atoms with E-state index in [1.54, 1.807) is 0 Å². The lowest BCUT2D eigenvalue weighted by atomic mass is 9.76. The third-order valence-electron chi connectivity index (χ3n) is 6.09. The molecule has 1 fully saturated rings. The van der Waals surface area contributed by atoms with Crippen molar-refractivity contribution >= 4 is 5.91 Å². The Bertz CT molecular complexity index is 866. The molecular formula is C22H29FN4O3. The van der Waals surface area contributed by atoms with Crippen LogP contribution in [0.5, 0.6) is 0 Å². The van der Waals surface area contributed by atoms with Crippen LogP contribution in [-0.2, 0) is 9.53 Å². The van der Waals surface area contributed by atoms with Crippen molar-refractivity contribution in [3.05, 3.63) is 46.3 Å². The quantitative estimate of drug-likeness (QED) is 0.502. The third-order valence-corrected chi connectivity index (χ3v) is 6.09. The van der Waals surface area contributed by atoms with Gasteiger partial charge in [0.15, 0.2) is 0 Å². The molecule has 162 valence electrons. The Labute approximate surface area is 176 Å². The average molecular weight is 416 g/mol. The first-order chi connectivity index (χ1) is 14.3. The molecule has 1 saturated heterocycles. The lowest BCUT2D eigenvalue weighted by Gasteiger charge is -2.42. The Kier molecular flexibility index (Phi) is 7.21. The summed E-state index contributed by atoms with van der Waals surface area (Å²) in [6, 6.07) is 5.80. The summed E-state index contributed by atoms with van der Waals surface area (Å²) < 4.78 is 19.6. The number of hydrogen-bond donors (Lipinski definition) is 4. The molecule has 1 amide bonds. The normalized spacial score (nSPS) is 25.9. The lowest BCUT2D eigenvalue weighted by molar-refractivity contribution is -0.120. The number of methoxy groups -OCH3 is 1. The minimum absolute atomic E-state index is 0.103. The van der Waals surface area contributed by atoms with Crippen molar-refractivity contribution < 1.29 is 19.0 Å². The van der Waals surface area contributed by atoms with Crippen LogP contribution in [0.2, 0.25) is 0 Å². The van der Waals surface area contributed by atoms with Crippen molar-refractivity contribution in [3.63, 3.8) is 0 Å². The van der Waals surface area contributed by atoms with Crippen LogP contribution in [0.4, 0.5) is 4.39 Å². The van der Waals surface area contributed by atoms with Gasteiger partial charge in [-0.2, -0.15) is 5.26 Å². The predicted octanol–water partition coefficient (Wildman–Crippen LogP) is 1.50. The van der Waals surface area contributed by atoms with E-state index in [0.717, 1.165) is 24.6 Å². The highest BCUT2D eigenvalue weighted by atomic mass is 19.1. The number of aliphatic hydroxyl groups excluding tert-OH is 1. The molecule has 1 aromatic carbocycles. The van der Waals surface area contributed by atoms with Gasteiger partial charge in [0, 0.05) is 42.7 Å². The van der Waals surface area contributed by atoms with Crippen molar-refractivity contribution in [1.29, 1.82) is 5.26 Å². The maximum atomic E-state index is 14.5. The van der Waals surface area contributed by atoms with E-state index in [0.29, 0.717) is 11.1 Å². The number of carbonyl (C=O) groups is 1. The zero-order valence-electron chi connectivity index (χ0n) is 17.5. The first-order valence-corrected chi connectivity index (χ1v) is 10.2. The molecule has 8 heteroatoms. The number of hydrogen-bond acceptors (Lipinski definition) is 6. The maximum Gasteiger partial charge on any atom is 0.247 e. The van der Waals surface area contributed by atoms with E-state index in [4.69, 9.17) is 10.00 Å². The minimum atomic E-state index is -1.07. The summed E-state index contributed by atoms with van der Waals surface area (Å²) in [7, 11) is 1.49. The molecule has 2 aliphatic heterocycles. The van der Waals surface area contributed by atoms with E-state index in [-0.39, 0.29) is 42.5 Å². The Morgan fingerprint density at radius 3 is 2.90 bits per heavy atom. The number of halogens is 1. The van der Waals surface area contributed by atoms with E-state index in [2.05, 4.69) is 22.9 Å². The summed E-state index contributed by atoms with van der Waals surface area (Å²) >= 11 is 0. The topological polar surface area (TPSA) is 106 Å². The van der Waals surface area contributed by atoms with Gasteiger partial charge in [-0.25, -0.2) is 4.39 Å². The highest BCUT2D eigenvalue weighted by Gasteiger charge is 2.39. The summed E-state index contributed by atoms with van der Waals surface area (Å²) in [5.74, 6) is -0.521. The summed E-state index contributed by atoms with van der Waals surface area (Å²) in [5.41, 5.74) is 2.05. The number of nitriles is 1. The number of carbonyl (C=O) groups excluding carboxylic acids is 1. The van der Waals surface area contributed by atoms with Crippen LogP contribution in [0.25, 0.3) is 0 Å². The monoisotopic (exact) mass is 416 g/mol. The molecule has 1 aromatic rings. The summed E-state index contributed by atoms with van der Waals surface area (Å²) in [5, 5.41) is 29.1.